The van der Waals surface area contributed by atoms with E-state index in [1.165, 1.54) is 0 Å². The van der Waals surface area contributed by atoms with Crippen LogP contribution in [0.4, 0.5) is 14.5 Å². The minimum atomic E-state index is -1.11. The average Bonchev–Trinajstić information content (AvgIpc) is 3.27. The molecule has 25 heavy (non-hydrogen) atoms. The Morgan fingerprint density at radius 2 is 2.04 bits per heavy atom. The molecule has 2 fully saturated rings. The maximum Gasteiger partial charge on any atom is 0.326 e. The summed E-state index contributed by atoms with van der Waals surface area (Å²) in [5.74, 6) is -4.19. The molecule has 1 aromatic rings. The molecule has 2 unspecified atom stereocenters. The van der Waals surface area contributed by atoms with Gasteiger partial charge in [-0.3, -0.25) is 9.59 Å². The van der Waals surface area contributed by atoms with E-state index in [4.69, 9.17) is 0 Å². The van der Waals surface area contributed by atoms with Crippen LogP contribution in [-0.2, 0) is 14.4 Å². The third-order valence-electron chi connectivity index (χ3n) is 4.58. The van der Waals surface area contributed by atoms with Crippen LogP contribution in [0.15, 0.2) is 18.2 Å². The van der Waals surface area contributed by atoms with Gasteiger partial charge in [0.2, 0.25) is 11.8 Å². The molecule has 3 rings (SSSR count). The molecule has 0 aromatic heterocycles. The highest BCUT2D eigenvalue weighted by Gasteiger charge is 2.38. The number of carboxylic acid groups (broad SMARTS) is 1. The molecule has 2 N–H and O–H groups in total. The first-order valence-electron chi connectivity index (χ1n) is 8.13. The van der Waals surface area contributed by atoms with Gasteiger partial charge in [-0.1, -0.05) is 12.8 Å². The summed E-state index contributed by atoms with van der Waals surface area (Å²) >= 11 is 0. The molecular formula is C17H18F2N2O4. The van der Waals surface area contributed by atoms with Gasteiger partial charge < -0.3 is 15.3 Å². The van der Waals surface area contributed by atoms with Gasteiger partial charge in [-0.15, -0.1) is 0 Å². The van der Waals surface area contributed by atoms with Crippen LogP contribution in [0.5, 0.6) is 0 Å². The molecule has 2 aliphatic rings. The van der Waals surface area contributed by atoms with Crippen molar-refractivity contribution < 1.29 is 28.3 Å². The van der Waals surface area contributed by atoms with Crippen LogP contribution < -0.4 is 10.2 Å². The highest BCUT2D eigenvalue weighted by atomic mass is 19.1. The highest BCUT2D eigenvalue weighted by molar-refractivity contribution is 6.00. The normalized spacial score (nSPS) is 21.3. The number of benzene rings is 1. The third kappa shape index (κ3) is 3.94. The van der Waals surface area contributed by atoms with Crippen molar-refractivity contribution in [3.8, 4) is 0 Å². The van der Waals surface area contributed by atoms with Gasteiger partial charge in [-0.25, -0.2) is 13.6 Å². The van der Waals surface area contributed by atoms with E-state index in [-0.39, 0.29) is 18.7 Å². The summed E-state index contributed by atoms with van der Waals surface area (Å²) in [6, 6.07) is 1.88. The lowest BCUT2D eigenvalue weighted by Gasteiger charge is -2.19. The van der Waals surface area contributed by atoms with Crippen molar-refractivity contribution >= 4 is 23.5 Å². The van der Waals surface area contributed by atoms with Crippen molar-refractivity contribution in [3.63, 3.8) is 0 Å². The highest BCUT2D eigenvalue weighted by Crippen LogP contribution is 2.34. The molecule has 0 radical (unpaired) electrons. The summed E-state index contributed by atoms with van der Waals surface area (Å²) in [5.41, 5.74) is -0.0885. The summed E-state index contributed by atoms with van der Waals surface area (Å²) in [7, 11) is 0. The molecule has 8 heteroatoms. The largest absolute Gasteiger partial charge is 0.480 e. The minimum Gasteiger partial charge on any atom is -0.480 e. The van der Waals surface area contributed by atoms with Gasteiger partial charge in [0, 0.05) is 19.0 Å². The van der Waals surface area contributed by atoms with E-state index in [0.717, 1.165) is 29.9 Å². The number of rotatable bonds is 6. The Hall–Kier alpha value is -2.51. The Kier molecular flexibility index (Phi) is 4.69. The first-order chi connectivity index (χ1) is 11.8. The molecular weight excluding hydrogens is 334 g/mol. The first-order valence-corrected chi connectivity index (χ1v) is 8.13. The van der Waals surface area contributed by atoms with Gasteiger partial charge in [0.25, 0.3) is 0 Å². The lowest BCUT2D eigenvalue weighted by atomic mass is 10.1. The quantitative estimate of drug-likeness (QED) is 0.816. The van der Waals surface area contributed by atoms with Crippen molar-refractivity contribution in [2.45, 2.75) is 31.7 Å². The number of nitrogens with one attached hydrogen (secondary N) is 1. The number of amides is 2. The second-order valence-electron chi connectivity index (χ2n) is 6.58. The molecule has 2 amide bonds. The Morgan fingerprint density at radius 3 is 2.64 bits per heavy atom. The molecule has 0 spiro atoms. The van der Waals surface area contributed by atoms with Gasteiger partial charge >= 0.3 is 5.97 Å². The Bertz CT molecular complexity index is 721. The SMILES string of the molecule is O=C(NC(CC1CC1)C(=O)O)C1CC(=O)N(c2ccc(F)cc2F)C1. The average molecular weight is 352 g/mol. The van der Waals surface area contributed by atoms with Crippen LogP contribution >= 0.6 is 0 Å². The Labute approximate surface area is 142 Å². The summed E-state index contributed by atoms with van der Waals surface area (Å²) in [6.07, 6.45) is 2.15. The van der Waals surface area contributed by atoms with Crippen LogP contribution in [0.1, 0.15) is 25.7 Å². The minimum absolute atomic E-state index is 0.0665. The molecule has 1 heterocycles. The van der Waals surface area contributed by atoms with E-state index in [1.54, 1.807) is 0 Å². The Balaban J connectivity index is 1.66. The van der Waals surface area contributed by atoms with Gasteiger partial charge in [0.05, 0.1) is 11.6 Å². The second-order valence-corrected chi connectivity index (χ2v) is 6.58. The third-order valence-corrected chi connectivity index (χ3v) is 4.58. The van der Waals surface area contributed by atoms with E-state index in [1.807, 2.05) is 0 Å². The monoisotopic (exact) mass is 352 g/mol. The number of carbonyl (C=O) groups excluding carboxylic acids is 2. The molecule has 0 bridgehead atoms. The van der Waals surface area contributed by atoms with Crippen molar-refractivity contribution in [3.05, 3.63) is 29.8 Å². The van der Waals surface area contributed by atoms with E-state index >= 15 is 0 Å². The summed E-state index contributed by atoms with van der Waals surface area (Å²) in [6.45, 7) is -0.0665. The Morgan fingerprint density at radius 1 is 1.32 bits per heavy atom. The van der Waals surface area contributed by atoms with Crippen LogP contribution in [0.3, 0.4) is 0 Å². The van der Waals surface area contributed by atoms with Crippen molar-refractivity contribution in [2.75, 3.05) is 11.4 Å². The lowest BCUT2D eigenvalue weighted by Crippen LogP contribution is -2.44. The number of halogens is 2. The molecule has 1 aliphatic heterocycles. The van der Waals surface area contributed by atoms with Crippen LogP contribution in [-0.4, -0.2) is 35.5 Å². The standard InChI is InChI=1S/C17H18F2N2O4/c18-11-3-4-14(12(19)7-11)21-8-10(6-15(21)22)16(23)20-13(17(24)25)5-9-1-2-9/h3-4,7,9-10,13H,1-2,5-6,8H2,(H,20,23)(H,24,25). The number of anilines is 1. The smallest absolute Gasteiger partial charge is 0.326 e. The fraction of sp³-hybridized carbons (Fsp3) is 0.471. The van der Waals surface area contributed by atoms with E-state index in [2.05, 4.69) is 5.32 Å². The van der Waals surface area contributed by atoms with Crippen LogP contribution in [0, 0.1) is 23.5 Å². The molecule has 2 atom stereocenters. The van der Waals surface area contributed by atoms with Gasteiger partial charge in [-0.05, 0) is 24.5 Å². The number of hydrogen-bond donors (Lipinski definition) is 2. The molecule has 1 aliphatic carbocycles. The molecule has 6 nitrogen and oxygen atoms in total. The zero-order valence-corrected chi connectivity index (χ0v) is 13.4. The predicted octanol–water partition coefficient (Wildman–Crippen LogP) is 1.69. The van der Waals surface area contributed by atoms with E-state index < -0.39 is 41.4 Å². The number of carboxylic acids is 1. The van der Waals surface area contributed by atoms with Crippen molar-refractivity contribution in [2.24, 2.45) is 11.8 Å². The lowest BCUT2D eigenvalue weighted by molar-refractivity contribution is -0.142. The van der Waals surface area contributed by atoms with Crippen molar-refractivity contribution in [1.82, 2.24) is 5.32 Å². The van der Waals surface area contributed by atoms with Crippen LogP contribution in [0.25, 0.3) is 0 Å². The number of nitrogens with zero attached hydrogens (tertiary/aromatic N) is 1. The predicted molar refractivity (Wildman–Crippen MR) is 83.7 cm³/mol. The molecule has 134 valence electrons. The zero-order valence-electron chi connectivity index (χ0n) is 13.4. The topological polar surface area (TPSA) is 86.7 Å². The van der Waals surface area contributed by atoms with Gasteiger partial charge in [-0.2, -0.15) is 0 Å². The van der Waals surface area contributed by atoms with E-state index in [0.29, 0.717) is 18.4 Å². The molecule has 1 saturated carbocycles. The second kappa shape index (κ2) is 6.78. The zero-order chi connectivity index (χ0) is 18.1. The fourth-order valence-corrected chi connectivity index (χ4v) is 3.01. The molecule has 1 saturated heterocycles. The maximum atomic E-state index is 13.9. The summed E-state index contributed by atoms with van der Waals surface area (Å²) in [4.78, 5) is 36.8. The number of carbonyl (C=O) groups is 3. The molecule has 1 aromatic carbocycles. The summed E-state index contributed by atoms with van der Waals surface area (Å²) < 4.78 is 26.9. The van der Waals surface area contributed by atoms with Crippen molar-refractivity contribution in [1.29, 1.82) is 0 Å². The van der Waals surface area contributed by atoms with Gasteiger partial charge in [0.15, 0.2) is 0 Å². The van der Waals surface area contributed by atoms with Crippen LogP contribution in [0.2, 0.25) is 0 Å². The first kappa shape index (κ1) is 17.3. The fourth-order valence-electron chi connectivity index (χ4n) is 3.01. The number of aliphatic carboxylic acids is 1. The van der Waals surface area contributed by atoms with Gasteiger partial charge in [0.1, 0.15) is 17.7 Å². The number of hydrogen-bond acceptors (Lipinski definition) is 3. The van der Waals surface area contributed by atoms with E-state index in [9.17, 15) is 28.3 Å². The summed E-state index contributed by atoms with van der Waals surface area (Å²) in [5, 5.41) is 11.7. The maximum absolute atomic E-state index is 13.9.